The fourth-order valence-corrected chi connectivity index (χ4v) is 5.27. The SMILES string of the molecule is Cn1ccnc1SC[C@H]1C[C@@H](c2ccc(CO)cc2)O[C@@H](c2ccc(CNC(=O)CCCCC(=O)O)cc2)O1. The van der Waals surface area contributed by atoms with E-state index in [0.717, 1.165) is 33.2 Å². The molecule has 0 spiro atoms. The third-order valence-corrected chi connectivity index (χ3v) is 7.77. The van der Waals surface area contributed by atoms with Crippen LogP contribution in [0.4, 0.5) is 0 Å². The Hall–Kier alpha value is -3.18. The Labute approximate surface area is 232 Å². The molecule has 1 aliphatic heterocycles. The van der Waals surface area contributed by atoms with Crippen LogP contribution >= 0.6 is 11.8 Å². The fraction of sp³-hybridized carbons (Fsp3) is 0.414. The summed E-state index contributed by atoms with van der Waals surface area (Å²) in [5.41, 5.74) is 3.73. The van der Waals surface area contributed by atoms with Crippen molar-refractivity contribution >= 4 is 23.6 Å². The van der Waals surface area contributed by atoms with Crippen molar-refractivity contribution in [1.82, 2.24) is 14.9 Å². The molecule has 0 unspecified atom stereocenters. The van der Waals surface area contributed by atoms with Crippen LogP contribution in [0.15, 0.2) is 66.1 Å². The molecule has 2 aromatic carbocycles. The van der Waals surface area contributed by atoms with Gasteiger partial charge in [0.15, 0.2) is 11.4 Å². The van der Waals surface area contributed by atoms with E-state index in [0.29, 0.717) is 32.2 Å². The minimum Gasteiger partial charge on any atom is -0.481 e. The smallest absolute Gasteiger partial charge is 0.303 e. The van der Waals surface area contributed by atoms with E-state index in [2.05, 4.69) is 10.3 Å². The second-order valence-electron chi connectivity index (χ2n) is 9.60. The lowest BCUT2D eigenvalue weighted by atomic mass is 10.0. The zero-order valence-corrected chi connectivity index (χ0v) is 22.8. The molecule has 208 valence electrons. The summed E-state index contributed by atoms with van der Waals surface area (Å²) in [6.45, 7) is 0.394. The number of aliphatic carboxylic acids is 1. The van der Waals surface area contributed by atoms with E-state index in [1.807, 2.05) is 66.3 Å². The third kappa shape index (κ3) is 8.66. The van der Waals surface area contributed by atoms with Crippen molar-refractivity contribution in [1.29, 1.82) is 0 Å². The molecule has 4 rings (SSSR count). The van der Waals surface area contributed by atoms with Crippen LogP contribution in [0.1, 0.15) is 66.8 Å². The zero-order chi connectivity index (χ0) is 27.6. The summed E-state index contributed by atoms with van der Waals surface area (Å²) in [6.07, 6.45) is 5.07. The first-order chi connectivity index (χ1) is 18.9. The van der Waals surface area contributed by atoms with Gasteiger partial charge < -0.3 is 29.6 Å². The molecule has 10 heteroatoms. The normalized spacial score (nSPS) is 19.1. The molecule has 3 aromatic rings. The number of rotatable bonds is 13. The molecule has 2 heterocycles. The summed E-state index contributed by atoms with van der Waals surface area (Å²) in [4.78, 5) is 27.1. The number of hydrogen-bond acceptors (Lipinski definition) is 7. The maximum atomic E-state index is 12.1. The number of unbranched alkanes of at least 4 members (excludes halogenated alkanes) is 1. The number of nitrogens with one attached hydrogen (secondary N) is 1. The number of aliphatic hydroxyl groups is 1. The number of nitrogens with zero attached hydrogens (tertiary/aromatic N) is 2. The van der Waals surface area contributed by atoms with E-state index < -0.39 is 12.3 Å². The lowest BCUT2D eigenvalue weighted by Crippen LogP contribution is -2.31. The molecule has 3 N–H and O–H groups in total. The highest BCUT2D eigenvalue weighted by molar-refractivity contribution is 7.99. The monoisotopic (exact) mass is 553 g/mol. The molecule has 0 aliphatic carbocycles. The van der Waals surface area contributed by atoms with Crippen molar-refractivity contribution in [2.75, 3.05) is 5.75 Å². The molecule has 1 aliphatic rings. The molecule has 1 aromatic heterocycles. The van der Waals surface area contributed by atoms with Crippen LogP contribution in [0, 0.1) is 0 Å². The van der Waals surface area contributed by atoms with E-state index in [-0.39, 0.29) is 31.1 Å². The number of aromatic nitrogens is 2. The van der Waals surface area contributed by atoms with Gasteiger partial charge in [-0.2, -0.15) is 0 Å². The molecule has 9 nitrogen and oxygen atoms in total. The van der Waals surface area contributed by atoms with Gasteiger partial charge in [0, 0.05) is 56.6 Å². The molecule has 1 saturated heterocycles. The lowest BCUT2D eigenvalue weighted by Gasteiger charge is -2.36. The van der Waals surface area contributed by atoms with Gasteiger partial charge in [-0.05, 0) is 29.5 Å². The number of imidazole rings is 1. The summed E-state index contributed by atoms with van der Waals surface area (Å²) < 4.78 is 14.8. The minimum absolute atomic E-state index is 0.00199. The fourth-order valence-electron chi connectivity index (χ4n) is 4.32. The van der Waals surface area contributed by atoms with Crippen molar-refractivity contribution in [2.24, 2.45) is 7.05 Å². The van der Waals surface area contributed by atoms with Crippen molar-refractivity contribution in [3.63, 3.8) is 0 Å². The number of carbonyl (C=O) groups is 2. The highest BCUT2D eigenvalue weighted by atomic mass is 32.2. The average molecular weight is 554 g/mol. The molecule has 3 atom stereocenters. The van der Waals surface area contributed by atoms with E-state index in [9.17, 15) is 14.7 Å². The highest BCUT2D eigenvalue weighted by Crippen LogP contribution is 2.39. The topological polar surface area (TPSA) is 123 Å². The molecular weight excluding hydrogens is 518 g/mol. The van der Waals surface area contributed by atoms with Crippen molar-refractivity contribution < 1.29 is 29.3 Å². The first kappa shape index (κ1) is 28.8. The molecule has 1 amide bonds. The summed E-state index contributed by atoms with van der Waals surface area (Å²) in [5, 5.41) is 21.9. The minimum atomic E-state index is -0.842. The summed E-state index contributed by atoms with van der Waals surface area (Å²) >= 11 is 1.65. The molecule has 39 heavy (non-hydrogen) atoms. The second-order valence-corrected chi connectivity index (χ2v) is 10.6. The standard InChI is InChI=1S/C29H35N3O6S/c1-32-15-14-30-29(32)39-19-24-16-25(22-10-8-21(18-33)9-11-22)38-28(37-24)23-12-6-20(7-13-23)17-31-26(34)4-2-3-5-27(35)36/h6-15,24-25,28,33H,2-5,16-19H2,1H3,(H,31,34)(H,35,36)/t24-,25+,28+/m1/s1. The predicted octanol–water partition coefficient (Wildman–Crippen LogP) is 4.51. The Bertz CT molecular complexity index is 1210. The van der Waals surface area contributed by atoms with Gasteiger partial charge in [0.2, 0.25) is 5.91 Å². The Morgan fingerprint density at radius 3 is 2.38 bits per heavy atom. The van der Waals surface area contributed by atoms with Crippen LogP contribution in [0.25, 0.3) is 0 Å². The number of amides is 1. The van der Waals surface area contributed by atoms with Gasteiger partial charge in [0.25, 0.3) is 0 Å². The summed E-state index contributed by atoms with van der Waals surface area (Å²) in [5.74, 6) is -0.205. The molecular formula is C29H35N3O6S. The van der Waals surface area contributed by atoms with Gasteiger partial charge in [-0.25, -0.2) is 4.98 Å². The Morgan fingerprint density at radius 1 is 1.03 bits per heavy atom. The number of hydrogen-bond donors (Lipinski definition) is 3. The Balaban J connectivity index is 1.38. The number of aliphatic hydroxyl groups excluding tert-OH is 1. The van der Waals surface area contributed by atoms with E-state index in [1.54, 1.807) is 18.0 Å². The third-order valence-electron chi connectivity index (χ3n) is 6.58. The van der Waals surface area contributed by atoms with Crippen molar-refractivity contribution in [2.45, 2.75) is 68.9 Å². The average Bonchev–Trinajstić information content (AvgIpc) is 3.37. The van der Waals surface area contributed by atoms with Gasteiger partial charge in [0.05, 0.1) is 18.8 Å². The number of aryl methyl sites for hydroxylation is 1. The number of thioether (sulfide) groups is 1. The van der Waals surface area contributed by atoms with Crippen molar-refractivity contribution in [3.05, 3.63) is 83.2 Å². The zero-order valence-electron chi connectivity index (χ0n) is 22.0. The Morgan fingerprint density at radius 2 is 1.72 bits per heavy atom. The van der Waals surface area contributed by atoms with E-state index in [1.165, 1.54) is 0 Å². The number of carbonyl (C=O) groups excluding carboxylic acids is 1. The molecule has 1 fully saturated rings. The summed E-state index contributed by atoms with van der Waals surface area (Å²) in [7, 11) is 1.97. The maximum Gasteiger partial charge on any atom is 0.303 e. The maximum absolute atomic E-state index is 12.1. The number of carboxylic acids is 1. The van der Waals surface area contributed by atoms with Gasteiger partial charge >= 0.3 is 5.97 Å². The number of benzene rings is 2. The van der Waals surface area contributed by atoms with Gasteiger partial charge in [0.1, 0.15) is 0 Å². The highest BCUT2D eigenvalue weighted by Gasteiger charge is 2.32. The van der Waals surface area contributed by atoms with Crippen LogP contribution in [0.2, 0.25) is 0 Å². The van der Waals surface area contributed by atoms with Crippen LogP contribution in [-0.4, -0.2) is 43.5 Å². The predicted molar refractivity (Wildman–Crippen MR) is 147 cm³/mol. The van der Waals surface area contributed by atoms with Crippen LogP contribution in [0.5, 0.6) is 0 Å². The number of carboxylic acid groups (broad SMARTS) is 1. The second kappa shape index (κ2) is 14.3. The van der Waals surface area contributed by atoms with E-state index in [4.69, 9.17) is 14.6 Å². The van der Waals surface area contributed by atoms with Crippen LogP contribution < -0.4 is 5.32 Å². The quantitative estimate of drug-likeness (QED) is 0.209. The van der Waals surface area contributed by atoms with Gasteiger partial charge in [-0.15, -0.1) is 0 Å². The number of ether oxygens (including phenoxy) is 2. The van der Waals surface area contributed by atoms with Gasteiger partial charge in [-0.1, -0.05) is 60.3 Å². The first-order valence-corrected chi connectivity index (χ1v) is 14.1. The van der Waals surface area contributed by atoms with Crippen molar-refractivity contribution in [3.8, 4) is 0 Å². The Kier molecular flexibility index (Phi) is 10.5. The van der Waals surface area contributed by atoms with Crippen LogP contribution in [0.3, 0.4) is 0 Å². The first-order valence-electron chi connectivity index (χ1n) is 13.1. The van der Waals surface area contributed by atoms with Gasteiger partial charge in [-0.3, -0.25) is 9.59 Å². The largest absolute Gasteiger partial charge is 0.481 e. The lowest BCUT2D eigenvalue weighted by molar-refractivity contribution is -0.245. The summed E-state index contributed by atoms with van der Waals surface area (Å²) in [6, 6.07) is 15.6. The van der Waals surface area contributed by atoms with Crippen LogP contribution in [-0.2, 0) is 39.3 Å². The molecule has 0 bridgehead atoms. The molecule has 0 radical (unpaired) electrons. The molecule has 0 saturated carbocycles. The van der Waals surface area contributed by atoms with E-state index >= 15 is 0 Å².